The second kappa shape index (κ2) is 6.70. The van der Waals surface area contributed by atoms with Crippen LogP contribution in [0.5, 0.6) is 0 Å². The molecule has 1 heterocycles. The SMILES string of the molecule is CCC1CCCC(NC2CC(=O)N(C(C)CC)C2=O)C1. The van der Waals surface area contributed by atoms with E-state index < -0.39 is 0 Å². The molecule has 4 heteroatoms. The number of amides is 2. The van der Waals surface area contributed by atoms with E-state index in [1.54, 1.807) is 0 Å². The Labute approximate surface area is 122 Å². The average Bonchev–Trinajstić information content (AvgIpc) is 2.73. The van der Waals surface area contributed by atoms with E-state index in [1.807, 2.05) is 13.8 Å². The molecule has 1 saturated heterocycles. The Morgan fingerprint density at radius 1 is 1.30 bits per heavy atom. The molecule has 0 radical (unpaired) electrons. The third kappa shape index (κ3) is 3.22. The second-order valence-corrected chi connectivity index (χ2v) is 6.42. The quantitative estimate of drug-likeness (QED) is 0.787. The Kier molecular flexibility index (Phi) is 5.19. The summed E-state index contributed by atoms with van der Waals surface area (Å²) in [7, 11) is 0. The molecule has 0 bridgehead atoms. The molecule has 0 spiro atoms. The first-order valence-electron chi connectivity index (χ1n) is 8.18. The minimum Gasteiger partial charge on any atom is -0.303 e. The fourth-order valence-corrected chi connectivity index (χ4v) is 3.52. The van der Waals surface area contributed by atoms with Gasteiger partial charge in [0.25, 0.3) is 0 Å². The number of likely N-dealkylation sites (tertiary alicyclic amines) is 1. The Morgan fingerprint density at radius 3 is 2.70 bits per heavy atom. The molecule has 4 unspecified atom stereocenters. The van der Waals surface area contributed by atoms with Crippen molar-refractivity contribution in [2.24, 2.45) is 5.92 Å². The van der Waals surface area contributed by atoms with Crippen LogP contribution in [0, 0.1) is 5.92 Å². The lowest BCUT2D eigenvalue weighted by Gasteiger charge is -2.31. The molecule has 1 saturated carbocycles. The van der Waals surface area contributed by atoms with Crippen molar-refractivity contribution in [3.05, 3.63) is 0 Å². The fraction of sp³-hybridized carbons (Fsp3) is 0.875. The van der Waals surface area contributed by atoms with Gasteiger partial charge in [0.15, 0.2) is 0 Å². The number of carbonyl (C=O) groups excluding carboxylic acids is 2. The summed E-state index contributed by atoms with van der Waals surface area (Å²) in [5, 5.41) is 3.46. The molecule has 4 nitrogen and oxygen atoms in total. The lowest BCUT2D eigenvalue weighted by Crippen LogP contribution is -2.47. The summed E-state index contributed by atoms with van der Waals surface area (Å²) in [4.78, 5) is 25.9. The minimum atomic E-state index is -0.280. The Hall–Kier alpha value is -0.900. The zero-order chi connectivity index (χ0) is 14.7. The molecular formula is C16H28N2O2. The summed E-state index contributed by atoms with van der Waals surface area (Å²) >= 11 is 0. The van der Waals surface area contributed by atoms with Gasteiger partial charge in [-0.1, -0.05) is 33.1 Å². The first kappa shape index (κ1) is 15.5. The van der Waals surface area contributed by atoms with Gasteiger partial charge in [0, 0.05) is 12.1 Å². The maximum atomic E-state index is 12.4. The van der Waals surface area contributed by atoms with Crippen LogP contribution in [0.2, 0.25) is 0 Å². The summed E-state index contributed by atoms with van der Waals surface area (Å²) in [5.74, 6) is 0.756. The number of carbonyl (C=O) groups is 2. The van der Waals surface area contributed by atoms with Crippen LogP contribution in [0.3, 0.4) is 0 Å². The van der Waals surface area contributed by atoms with Gasteiger partial charge in [-0.15, -0.1) is 0 Å². The van der Waals surface area contributed by atoms with Crippen LogP contribution < -0.4 is 5.32 Å². The molecule has 1 aliphatic heterocycles. The maximum Gasteiger partial charge on any atom is 0.247 e. The van der Waals surface area contributed by atoms with Crippen LogP contribution in [0.15, 0.2) is 0 Å². The summed E-state index contributed by atoms with van der Waals surface area (Å²) in [6, 6.07) is 0.154. The molecule has 0 aromatic heterocycles. The number of imide groups is 1. The molecular weight excluding hydrogens is 252 g/mol. The van der Waals surface area contributed by atoms with Crippen molar-refractivity contribution in [1.29, 1.82) is 0 Å². The van der Waals surface area contributed by atoms with Crippen molar-refractivity contribution in [2.75, 3.05) is 0 Å². The second-order valence-electron chi connectivity index (χ2n) is 6.42. The number of hydrogen-bond acceptors (Lipinski definition) is 3. The summed E-state index contributed by atoms with van der Waals surface area (Å²) in [6.07, 6.45) is 7.22. The molecule has 2 aliphatic rings. The third-order valence-electron chi connectivity index (χ3n) is 5.01. The maximum absolute atomic E-state index is 12.4. The van der Waals surface area contributed by atoms with Crippen LogP contribution in [-0.2, 0) is 9.59 Å². The Morgan fingerprint density at radius 2 is 2.05 bits per heavy atom. The molecule has 1 aliphatic carbocycles. The first-order chi connectivity index (χ1) is 9.56. The van der Waals surface area contributed by atoms with E-state index in [-0.39, 0.29) is 23.9 Å². The number of nitrogens with one attached hydrogen (secondary N) is 1. The van der Waals surface area contributed by atoms with Crippen LogP contribution in [-0.4, -0.2) is 34.8 Å². The molecule has 20 heavy (non-hydrogen) atoms. The number of nitrogens with zero attached hydrogens (tertiary/aromatic N) is 1. The molecule has 2 amide bonds. The highest BCUT2D eigenvalue weighted by atomic mass is 16.2. The van der Waals surface area contributed by atoms with E-state index in [4.69, 9.17) is 0 Å². The Balaban J connectivity index is 1.94. The lowest BCUT2D eigenvalue weighted by atomic mass is 9.84. The standard InChI is InChI=1S/C16H28N2O2/c1-4-11(3)18-15(19)10-14(16(18)20)17-13-8-6-7-12(5-2)9-13/h11-14,17H,4-10H2,1-3H3. The smallest absolute Gasteiger partial charge is 0.247 e. The van der Waals surface area contributed by atoms with Gasteiger partial charge in [0.2, 0.25) is 11.8 Å². The fourth-order valence-electron chi connectivity index (χ4n) is 3.52. The lowest BCUT2D eigenvalue weighted by molar-refractivity contribution is -0.141. The van der Waals surface area contributed by atoms with E-state index in [0.717, 1.165) is 25.2 Å². The zero-order valence-electron chi connectivity index (χ0n) is 13.0. The average molecular weight is 280 g/mol. The van der Waals surface area contributed by atoms with Gasteiger partial charge in [-0.05, 0) is 32.1 Å². The van der Waals surface area contributed by atoms with E-state index >= 15 is 0 Å². The van der Waals surface area contributed by atoms with Crippen molar-refractivity contribution < 1.29 is 9.59 Å². The van der Waals surface area contributed by atoms with E-state index in [2.05, 4.69) is 12.2 Å². The van der Waals surface area contributed by atoms with E-state index in [9.17, 15) is 9.59 Å². The van der Waals surface area contributed by atoms with Gasteiger partial charge in [0.05, 0.1) is 12.5 Å². The van der Waals surface area contributed by atoms with Crippen molar-refractivity contribution in [1.82, 2.24) is 10.2 Å². The highest BCUT2D eigenvalue weighted by Crippen LogP contribution is 2.28. The predicted octanol–water partition coefficient (Wildman–Crippen LogP) is 2.47. The summed E-state index contributed by atoms with van der Waals surface area (Å²) in [6.45, 7) is 6.20. The van der Waals surface area contributed by atoms with Crippen LogP contribution in [0.25, 0.3) is 0 Å². The number of rotatable bonds is 5. The molecule has 1 N–H and O–H groups in total. The van der Waals surface area contributed by atoms with E-state index in [1.165, 1.54) is 24.2 Å². The van der Waals surface area contributed by atoms with Crippen molar-refractivity contribution in [2.45, 2.75) is 83.8 Å². The Bertz CT molecular complexity index is 369. The monoisotopic (exact) mass is 280 g/mol. The van der Waals surface area contributed by atoms with Crippen LogP contribution >= 0.6 is 0 Å². The largest absolute Gasteiger partial charge is 0.303 e. The topological polar surface area (TPSA) is 49.4 Å². The minimum absolute atomic E-state index is 0.00954. The van der Waals surface area contributed by atoms with Gasteiger partial charge in [0.1, 0.15) is 0 Å². The van der Waals surface area contributed by atoms with Crippen LogP contribution in [0.4, 0.5) is 0 Å². The predicted molar refractivity (Wildman–Crippen MR) is 79.2 cm³/mol. The van der Waals surface area contributed by atoms with Crippen LogP contribution in [0.1, 0.15) is 65.7 Å². The van der Waals surface area contributed by atoms with Crippen molar-refractivity contribution in [3.8, 4) is 0 Å². The zero-order valence-corrected chi connectivity index (χ0v) is 13.0. The van der Waals surface area contributed by atoms with Gasteiger partial charge in [-0.2, -0.15) is 0 Å². The van der Waals surface area contributed by atoms with Gasteiger partial charge >= 0.3 is 0 Å². The first-order valence-corrected chi connectivity index (χ1v) is 8.18. The molecule has 0 aromatic carbocycles. The van der Waals surface area contributed by atoms with Gasteiger partial charge < -0.3 is 5.32 Å². The van der Waals surface area contributed by atoms with Crippen molar-refractivity contribution in [3.63, 3.8) is 0 Å². The normalized spacial score (nSPS) is 32.8. The van der Waals surface area contributed by atoms with Crippen molar-refractivity contribution >= 4 is 11.8 Å². The number of hydrogen-bond donors (Lipinski definition) is 1. The molecule has 114 valence electrons. The van der Waals surface area contributed by atoms with Gasteiger partial charge in [-0.3, -0.25) is 14.5 Å². The summed E-state index contributed by atoms with van der Waals surface area (Å²) < 4.78 is 0. The van der Waals surface area contributed by atoms with Gasteiger partial charge in [-0.25, -0.2) is 0 Å². The molecule has 2 fully saturated rings. The van der Waals surface area contributed by atoms with E-state index in [0.29, 0.717) is 12.5 Å². The molecule has 4 atom stereocenters. The summed E-state index contributed by atoms with van der Waals surface area (Å²) in [5.41, 5.74) is 0. The third-order valence-corrected chi connectivity index (χ3v) is 5.01. The highest BCUT2D eigenvalue weighted by Gasteiger charge is 2.41. The molecule has 0 aromatic rings. The highest BCUT2D eigenvalue weighted by molar-refractivity contribution is 6.05. The molecule has 2 rings (SSSR count).